The third-order valence-corrected chi connectivity index (χ3v) is 5.57. The van der Waals surface area contributed by atoms with Crippen molar-refractivity contribution in [1.82, 2.24) is 0 Å². The molecule has 38 heavy (non-hydrogen) atoms. The molecule has 0 spiro atoms. The van der Waals surface area contributed by atoms with E-state index in [4.69, 9.17) is 9.78 Å². The first-order chi connectivity index (χ1) is 18.2. The minimum atomic E-state index is -1.34. The van der Waals surface area contributed by atoms with E-state index in [1.807, 2.05) is 0 Å². The number of hydrogen-bond acceptors (Lipinski definition) is 6. The van der Waals surface area contributed by atoms with Crippen LogP contribution in [0.2, 0.25) is 0 Å². The van der Waals surface area contributed by atoms with Gasteiger partial charge >= 0.3 is 23.9 Å². The molecular weight excluding hydrogens is 496 g/mol. The highest BCUT2D eigenvalue weighted by atomic mass is 17.2. The molecule has 0 aliphatic rings. The quantitative estimate of drug-likeness (QED) is 0.172. The average Bonchev–Trinajstić information content (AvgIpc) is 2.91. The molecule has 4 rings (SSSR count). The monoisotopic (exact) mass is 514 g/mol. The Hall–Kier alpha value is -5.64. The average molecular weight is 514 g/mol. The van der Waals surface area contributed by atoms with Gasteiger partial charge in [-0.15, -0.1) is 0 Å². The smallest absolute Gasteiger partial charge is 0.336 e. The van der Waals surface area contributed by atoms with E-state index in [-0.39, 0.29) is 44.9 Å². The second kappa shape index (κ2) is 10.5. The molecule has 190 valence electrons. The van der Waals surface area contributed by atoms with Crippen LogP contribution in [-0.4, -0.2) is 44.3 Å². The van der Waals surface area contributed by atoms with Gasteiger partial charge in [0.2, 0.25) is 0 Å². The van der Waals surface area contributed by atoms with Crippen LogP contribution in [0.3, 0.4) is 0 Å². The zero-order valence-electron chi connectivity index (χ0n) is 19.3. The Balaban J connectivity index is 1.72. The highest BCUT2D eigenvalue weighted by Crippen LogP contribution is 2.36. The summed E-state index contributed by atoms with van der Waals surface area (Å²) in [6, 6.07) is 20.0. The third-order valence-electron chi connectivity index (χ3n) is 5.57. The molecule has 0 aromatic heterocycles. The molecule has 4 aromatic carbocycles. The van der Waals surface area contributed by atoms with Gasteiger partial charge < -0.3 is 20.4 Å². The number of carbonyl (C=O) groups is 4. The Labute approximate surface area is 214 Å². The third kappa shape index (κ3) is 5.14. The molecule has 0 amide bonds. The fourth-order valence-electron chi connectivity index (χ4n) is 3.79. The largest absolute Gasteiger partial charge is 0.478 e. The fraction of sp³-hybridized carbons (Fsp3) is 0. The molecule has 10 nitrogen and oxygen atoms in total. The predicted octanol–water partition coefficient (Wildman–Crippen LogP) is 5.19. The van der Waals surface area contributed by atoms with Crippen LogP contribution >= 0.6 is 0 Å². The lowest BCUT2D eigenvalue weighted by molar-refractivity contribution is -0.0987. The van der Waals surface area contributed by atoms with E-state index < -0.39 is 23.9 Å². The van der Waals surface area contributed by atoms with Crippen molar-refractivity contribution in [3.05, 3.63) is 107 Å². The first-order valence-electron chi connectivity index (χ1n) is 10.9. The van der Waals surface area contributed by atoms with Crippen molar-refractivity contribution in [3.63, 3.8) is 0 Å². The van der Waals surface area contributed by atoms with Crippen molar-refractivity contribution in [2.75, 3.05) is 0 Å². The van der Waals surface area contributed by atoms with E-state index >= 15 is 0 Å². The molecule has 0 unspecified atom stereocenters. The Morgan fingerprint density at radius 2 is 0.816 bits per heavy atom. The zero-order chi connectivity index (χ0) is 27.4. The van der Waals surface area contributed by atoms with Gasteiger partial charge in [-0.3, -0.25) is 9.78 Å². The molecule has 0 radical (unpaired) electrons. The van der Waals surface area contributed by atoms with Crippen molar-refractivity contribution in [3.8, 4) is 33.8 Å². The van der Waals surface area contributed by atoms with Gasteiger partial charge in [-0.25, -0.2) is 19.2 Å². The van der Waals surface area contributed by atoms with Crippen molar-refractivity contribution in [1.29, 1.82) is 0 Å². The zero-order valence-corrected chi connectivity index (χ0v) is 19.3. The molecule has 0 bridgehead atoms. The van der Waals surface area contributed by atoms with E-state index in [1.165, 1.54) is 36.4 Å². The molecule has 0 aliphatic carbocycles. The minimum absolute atomic E-state index is 0.104. The van der Waals surface area contributed by atoms with Crippen molar-refractivity contribution >= 4 is 23.9 Å². The van der Waals surface area contributed by atoms with Gasteiger partial charge in [0, 0.05) is 22.3 Å². The van der Waals surface area contributed by atoms with Gasteiger partial charge in [0.05, 0.1) is 22.3 Å². The van der Waals surface area contributed by atoms with Crippen molar-refractivity contribution < 1.29 is 49.4 Å². The lowest BCUT2D eigenvalue weighted by atomic mass is 9.96. The lowest BCUT2D eigenvalue weighted by Gasteiger charge is -2.15. The minimum Gasteiger partial charge on any atom is -0.478 e. The number of para-hydroxylation sites is 2. The maximum Gasteiger partial charge on any atom is 0.336 e. The van der Waals surface area contributed by atoms with E-state index in [0.717, 1.165) is 12.1 Å². The lowest BCUT2D eigenvalue weighted by Crippen LogP contribution is -2.07. The maximum atomic E-state index is 11.9. The first-order valence-corrected chi connectivity index (χ1v) is 10.9. The number of aromatic carboxylic acids is 4. The molecule has 0 saturated heterocycles. The Morgan fingerprint density at radius 1 is 0.447 bits per heavy atom. The Kier molecular flexibility index (Phi) is 7.06. The summed E-state index contributed by atoms with van der Waals surface area (Å²) in [6.07, 6.45) is 0. The van der Waals surface area contributed by atoms with Gasteiger partial charge in [-0.05, 0) is 36.4 Å². The van der Waals surface area contributed by atoms with Gasteiger partial charge in [-0.1, -0.05) is 48.5 Å². The van der Waals surface area contributed by atoms with Crippen LogP contribution in [0.4, 0.5) is 0 Å². The standard InChI is InChI=1S/C28H18O10/c29-25(30)15-9-11-17(21(13-15)27(33)34)19-5-1-3-7-23(19)37-38-24-8-4-2-6-20(24)18-12-10-16(26(31)32)14-22(18)28(35)36/h1-14H,(H,29,30)(H,31,32)(H,33,34)(H,35,36). The summed E-state index contributed by atoms with van der Waals surface area (Å²) in [5, 5.41) is 37.8. The van der Waals surface area contributed by atoms with Crippen LogP contribution in [0, 0.1) is 0 Å². The highest BCUT2D eigenvalue weighted by Gasteiger charge is 2.21. The molecule has 0 saturated carbocycles. The fourth-order valence-corrected chi connectivity index (χ4v) is 3.79. The Morgan fingerprint density at radius 3 is 1.16 bits per heavy atom. The summed E-state index contributed by atoms with van der Waals surface area (Å²) >= 11 is 0. The summed E-state index contributed by atoms with van der Waals surface area (Å²) in [5.74, 6) is -5.02. The van der Waals surface area contributed by atoms with E-state index in [1.54, 1.807) is 36.4 Å². The van der Waals surface area contributed by atoms with Crippen molar-refractivity contribution in [2.45, 2.75) is 0 Å². The van der Waals surface area contributed by atoms with Crippen LogP contribution in [0.25, 0.3) is 22.3 Å². The molecule has 4 aromatic rings. The van der Waals surface area contributed by atoms with Crippen LogP contribution < -0.4 is 9.78 Å². The Bertz CT molecular complexity index is 1470. The molecular formula is C28H18O10. The second-order valence-electron chi connectivity index (χ2n) is 7.90. The van der Waals surface area contributed by atoms with E-state index in [2.05, 4.69) is 0 Å². The van der Waals surface area contributed by atoms with Crippen molar-refractivity contribution in [2.24, 2.45) is 0 Å². The summed E-state index contributed by atoms with van der Waals surface area (Å²) in [5.41, 5.74) is 0.0697. The van der Waals surface area contributed by atoms with Gasteiger partial charge in [-0.2, -0.15) is 0 Å². The molecule has 0 aliphatic heterocycles. The molecule has 0 atom stereocenters. The predicted molar refractivity (Wildman–Crippen MR) is 133 cm³/mol. The molecule has 0 fully saturated rings. The molecule has 4 N–H and O–H groups in total. The number of benzene rings is 4. The van der Waals surface area contributed by atoms with E-state index in [9.17, 15) is 39.6 Å². The summed E-state index contributed by atoms with van der Waals surface area (Å²) < 4.78 is 0. The molecule has 0 heterocycles. The topological polar surface area (TPSA) is 168 Å². The SMILES string of the molecule is O=C(O)c1ccc(-c2ccccc2OOc2ccccc2-c2ccc(C(=O)O)cc2C(=O)O)c(C(=O)O)c1. The van der Waals surface area contributed by atoms with Crippen LogP contribution in [0.1, 0.15) is 41.4 Å². The summed E-state index contributed by atoms with van der Waals surface area (Å²) in [6.45, 7) is 0. The van der Waals surface area contributed by atoms with Crippen LogP contribution in [0.15, 0.2) is 84.9 Å². The van der Waals surface area contributed by atoms with Gasteiger partial charge in [0.1, 0.15) is 0 Å². The molecule has 10 heteroatoms. The highest BCUT2D eigenvalue weighted by molar-refractivity contribution is 6.01. The number of rotatable bonds is 9. The number of carboxylic acids is 4. The van der Waals surface area contributed by atoms with E-state index in [0.29, 0.717) is 11.1 Å². The second-order valence-corrected chi connectivity index (χ2v) is 7.90. The van der Waals surface area contributed by atoms with Crippen LogP contribution in [0.5, 0.6) is 11.5 Å². The summed E-state index contributed by atoms with van der Waals surface area (Å²) in [7, 11) is 0. The number of hydrogen-bond donors (Lipinski definition) is 4. The van der Waals surface area contributed by atoms with Crippen LogP contribution in [-0.2, 0) is 0 Å². The first kappa shape index (κ1) is 25.5. The maximum absolute atomic E-state index is 11.9. The number of carboxylic acid groups (broad SMARTS) is 4. The van der Waals surface area contributed by atoms with Gasteiger partial charge in [0.15, 0.2) is 11.5 Å². The van der Waals surface area contributed by atoms with Gasteiger partial charge in [0.25, 0.3) is 0 Å². The summed E-state index contributed by atoms with van der Waals surface area (Å²) in [4.78, 5) is 57.5. The normalized spacial score (nSPS) is 10.4.